The zero-order valence-electron chi connectivity index (χ0n) is 16.6. The topological polar surface area (TPSA) is 78.4 Å². The number of hydrogen-bond acceptors (Lipinski definition) is 4. The number of aliphatic imine (C=N–C) groups is 1. The van der Waals surface area contributed by atoms with Crippen LogP contribution in [0.2, 0.25) is 0 Å². The molecule has 2 aromatic rings. The van der Waals surface area contributed by atoms with Crippen LogP contribution in [0.4, 0.5) is 0 Å². The Balaban J connectivity index is 1.81. The molecule has 0 saturated heterocycles. The van der Waals surface area contributed by atoms with E-state index in [9.17, 15) is 4.79 Å². The molecule has 3 N–H and O–H groups in total. The van der Waals surface area contributed by atoms with E-state index >= 15 is 0 Å². The molecule has 0 radical (unpaired) electrons. The monoisotopic (exact) mass is 387 g/mol. The number of carbonyl (C=O) groups excluding carboxylic acids is 1. The average molecular weight is 388 g/mol. The Labute approximate surface area is 165 Å². The molecule has 0 fully saturated rings. The molecule has 0 spiro atoms. The van der Waals surface area contributed by atoms with Crippen LogP contribution >= 0.6 is 11.3 Å². The maximum Gasteiger partial charge on any atom is 0.251 e. The lowest BCUT2D eigenvalue weighted by Crippen LogP contribution is -2.36. The molecule has 0 bridgehead atoms. The highest BCUT2D eigenvalue weighted by Gasteiger charge is 2.06. The van der Waals surface area contributed by atoms with Crippen LogP contribution in [0, 0.1) is 13.8 Å². The number of hydrogen-bond donors (Lipinski definition) is 3. The van der Waals surface area contributed by atoms with Crippen molar-refractivity contribution in [2.45, 2.75) is 46.7 Å². The molecule has 0 atom stereocenters. The first-order valence-corrected chi connectivity index (χ1v) is 10.1. The summed E-state index contributed by atoms with van der Waals surface area (Å²) in [6.07, 6.45) is 2.07. The number of nitrogens with one attached hydrogen (secondary N) is 3. The van der Waals surface area contributed by atoms with Crippen molar-refractivity contribution in [3.8, 4) is 0 Å². The molecule has 6 nitrogen and oxygen atoms in total. The number of thiazole rings is 1. The fourth-order valence-corrected chi connectivity index (χ4v) is 3.31. The van der Waals surface area contributed by atoms with Gasteiger partial charge in [-0.15, -0.1) is 11.3 Å². The van der Waals surface area contributed by atoms with Gasteiger partial charge in [0.05, 0.1) is 12.2 Å². The molecule has 0 aliphatic carbocycles. The van der Waals surface area contributed by atoms with Gasteiger partial charge in [0.25, 0.3) is 5.91 Å². The maximum absolute atomic E-state index is 12.0. The Morgan fingerprint density at radius 2 is 1.81 bits per heavy atom. The summed E-state index contributed by atoms with van der Waals surface area (Å²) in [5.74, 6) is 0.705. The summed E-state index contributed by atoms with van der Waals surface area (Å²) in [7, 11) is 1.75. The quantitative estimate of drug-likeness (QED) is 0.369. The average Bonchev–Trinajstić information content (AvgIpc) is 3.00. The molecule has 146 valence electrons. The second-order valence-electron chi connectivity index (χ2n) is 6.33. The lowest BCUT2D eigenvalue weighted by atomic mass is 10.1. The van der Waals surface area contributed by atoms with Gasteiger partial charge in [-0.3, -0.25) is 9.79 Å². The van der Waals surface area contributed by atoms with E-state index in [-0.39, 0.29) is 5.91 Å². The Hall–Kier alpha value is -2.41. The molecule has 0 aliphatic rings. The zero-order chi connectivity index (χ0) is 19.6. The van der Waals surface area contributed by atoms with Crippen LogP contribution in [-0.2, 0) is 13.1 Å². The van der Waals surface area contributed by atoms with E-state index in [1.54, 1.807) is 18.4 Å². The standard InChI is InChI=1S/C20H29N5OS/c1-5-6-11-22-19(26)17-9-7-16(8-10-17)12-23-20(21-4)24-13-18-25-14(2)15(3)27-18/h7-10H,5-6,11-13H2,1-4H3,(H,22,26)(H2,21,23,24). The van der Waals surface area contributed by atoms with Gasteiger partial charge in [-0.25, -0.2) is 4.98 Å². The number of rotatable bonds is 8. The van der Waals surface area contributed by atoms with Crippen LogP contribution in [0.25, 0.3) is 0 Å². The third-order valence-corrected chi connectivity index (χ3v) is 5.27. The minimum absolute atomic E-state index is 0.0190. The largest absolute Gasteiger partial charge is 0.352 e. The van der Waals surface area contributed by atoms with Crippen molar-refractivity contribution in [3.63, 3.8) is 0 Å². The molecular weight excluding hydrogens is 358 g/mol. The summed E-state index contributed by atoms with van der Waals surface area (Å²) in [5, 5.41) is 10.5. The number of nitrogens with zero attached hydrogens (tertiary/aromatic N) is 2. The molecular formula is C20H29N5OS. The summed E-state index contributed by atoms with van der Waals surface area (Å²) in [6, 6.07) is 7.64. The number of guanidine groups is 1. The highest BCUT2D eigenvalue weighted by atomic mass is 32.1. The third-order valence-electron chi connectivity index (χ3n) is 4.20. The number of benzene rings is 1. The SMILES string of the molecule is CCCCNC(=O)c1ccc(CNC(=NC)NCc2nc(C)c(C)s2)cc1. The van der Waals surface area contributed by atoms with Crippen molar-refractivity contribution in [3.05, 3.63) is 51.0 Å². The van der Waals surface area contributed by atoms with Crippen LogP contribution in [0.3, 0.4) is 0 Å². The van der Waals surface area contributed by atoms with E-state index in [4.69, 9.17) is 0 Å². The Morgan fingerprint density at radius 1 is 1.11 bits per heavy atom. The summed E-state index contributed by atoms with van der Waals surface area (Å²) < 4.78 is 0. The molecule has 1 amide bonds. The first kappa shape index (κ1) is 20.9. The van der Waals surface area contributed by atoms with Crippen molar-refractivity contribution in [2.24, 2.45) is 4.99 Å². The molecule has 2 rings (SSSR count). The van der Waals surface area contributed by atoms with Gasteiger partial charge in [0.15, 0.2) is 5.96 Å². The smallest absolute Gasteiger partial charge is 0.251 e. The first-order valence-electron chi connectivity index (χ1n) is 9.28. The number of amides is 1. The maximum atomic E-state index is 12.0. The Bertz CT molecular complexity index is 748. The molecule has 7 heteroatoms. The summed E-state index contributed by atoms with van der Waals surface area (Å²) in [4.78, 5) is 22.0. The van der Waals surface area contributed by atoms with E-state index in [1.165, 1.54) is 4.88 Å². The molecule has 1 heterocycles. The normalized spacial score (nSPS) is 11.3. The van der Waals surface area contributed by atoms with Gasteiger partial charge in [-0.1, -0.05) is 25.5 Å². The summed E-state index contributed by atoms with van der Waals surface area (Å²) >= 11 is 1.70. The fraction of sp³-hybridized carbons (Fsp3) is 0.450. The van der Waals surface area contributed by atoms with E-state index < -0.39 is 0 Å². The highest BCUT2D eigenvalue weighted by molar-refractivity contribution is 7.11. The molecule has 0 unspecified atom stereocenters. The highest BCUT2D eigenvalue weighted by Crippen LogP contribution is 2.15. The summed E-state index contributed by atoms with van der Waals surface area (Å²) in [6.45, 7) is 8.21. The Morgan fingerprint density at radius 3 is 2.41 bits per heavy atom. The lowest BCUT2D eigenvalue weighted by Gasteiger charge is -2.11. The van der Waals surface area contributed by atoms with Crippen molar-refractivity contribution in [1.82, 2.24) is 20.9 Å². The van der Waals surface area contributed by atoms with Crippen molar-refractivity contribution >= 4 is 23.2 Å². The molecule has 1 aromatic heterocycles. The van der Waals surface area contributed by atoms with Crippen LogP contribution in [0.5, 0.6) is 0 Å². The van der Waals surface area contributed by atoms with Gasteiger partial charge in [0.2, 0.25) is 0 Å². The summed E-state index contributed by atoms with van der Waals surface area (Å²) in [5.41, 5.74) is 2.86. The lowest BCUT2D eigenvalue weighted by molar-refractivity contribution is 0.0953. The van der Waals surface area contributed by atoms with Crippen LogP contribution in [-0.4, -0.2) is 30.4 Å². The van der Waals surface area contributed by atoms with Gasteiger partial charge < -0.3 is 16.0 Å². The molecule has 0 saturated carbocycles. The van der Waals surface area contributed by atoms with Crippen molar-refractivity contribution in [1.29, 1.82) is 0 Å². The predicted octanol–water partition coefficient (Wildman–Crippen LogP) is 3.16. The Kier molecular flexibility index (Phi) is 8.26. The molecule has 27 heavy (non-hydrogen) atoms. The van der Waals surface area contributed by atoms with Crippen LogP contribution < -0.4 is 16.0 Å². The van der Waals surface area contributed by atoms with Crippen LogP contribution in [0.1, 0.15) is 51.3 Å². The minimum atomic E-state index is -0.0190. The second kappa shape index (κ2) is 10.7. The van der Waals surface area contributed by atoms with Crippen molar-refractivity contribution < 1.29 is 4.79 Å². The van der Waals surface area contributed by atoms with Gasteiger partial charge in [0.1, 0.15) is 5.01 Å². The van der Waals surface area contributed by atoms with E-state index in [0.717, 1.165) is 41.6 Å². The molecule has 0 aliphatic heterocycles. The number of unbranched alkanes of at least 4 members (excludes halogenated alkanes) is 1. The minimum Gasteiger partial charge on any atom is -0.352 e. The van der Waals surface area contributed by atoms with E-state index in [0.29, 0.717) is 18.7 Å². The second-order valence-corrected chi connectivity index (χ2v) is 7.62. The predicted molar refractivity (Wildman–Crippen MR) is 112 cm³/mol. The van der Waals surface area contributed by atoms with Gasteiger partial charge in [-0.2, -0.15) is 0 Å². The van der Waals surface area contributed by atoms with Gasteiger partial charge in [0, 0.05) is 30.6 Å². The van der Waals surface area contributed by atoms with Crippen molar-refractivity contribution in [2.75, 3.05) is 13.6 Å². The third kappa shape index (κ3) is 6.67. The van der Waals surface area contributed by atoms with Gasteiger partial charge >= 0.3 is 0 Å². The zero-order valence-corrected chi connectivity index (χ0v) is 17.4. The molecule has 1 aromatic carbocycles. The number of aryl methyl sites for hydroxylation is 2. The van der Waals surface area contributed by atoms with Gasteiger partial charge in [-0.05, 0) is 38.0 Å². The van der Waals surface area contributed by atoms with Crippen LogP contribution in [0.15, 0.2) is 29.3 Å². The first-order chi connectivity index (χ1) is 13.0. The number of carbonyl (C=O) groups is 1. The fourth-order valence-electron chi connectivity index (χ4n) is 2.44. The van der Waals surface area contributed by atoms with E-state index in [1.807, 2.05) is 31.2 Å². The number of aromatic nitrogens is 1. The van der Waals surface area contributed by atoms with E-state index in [2.05, 4.69) is 39.8 Å².